The van der Waals surface area contributed by atoms with Crippen molar-refractivity contribution in [2.24, 2.45) is 0 Å². The molecular weight excluding hydrogens is 438 g/mol. The third kappa shape index (κ3) is 4.08. The lowest BCUT2D eigenvalue weighted by molar-refractivity contribution is 0.143. The van der Waals surface area contributed by atoms with E-state index in [4.69, 9.17) is 21.6 Å². The van der Waals surface area contributed by atoms with E-state index in [9.17, 15) is 9.32 Å². The van der Waals surface area contributed by atoms with Crippen LogP contribution in [0, 0.1) is 0 Å². The van der Waals surface area contributed by atoms with Gasteiger partial charge < -0.3 is 20.2 Å². The topological polar surface area (TPSA) is 107 Å². The van der Waals surface area contributed by atoms with Crippen LogP contribution in [-0.4, -0.2) is 73.3 Å². The number of rotatable bonds is 5. The van der Waals surface area contributed by atoms with Crippen molar-refractivity contribution in [3.63, 3.8) is 0 Å². The Morgan fingerprint density at radius 1 is 1.06 bits per heavy atom. The quantitative estimate of drug-likeness (QED) is 0.683. The lowest BCUT2D eigenvalue weighted by atomic mass is 9.77. The van der Waals surface area contributed by atoms with Crippen LogP contribution < -0.4 is 15.1 Å². The highest BCUT2D eigenvalue weighted by Crippen LogP contribution is 2.38. The summed E-state index contributed by atoms with van der Waals surface area (Å²) in [5.41, 5.74) is 0.513. The zero-order chi connectivity index (χ0) is 21.4. The minimum atomic E-state index is -1.11. The minimum absolute atomic E-state index is 0.0491. The maximum Gasteiger partial charge on any atom is 0.227 e. The minimum Gasteiger partial charge on any atom is -0.394 e. The molecule has 11 heteroatoms. The molecule has 2 aliphatic heterocycles. The first-order chi connectivity index (χ1) is 15.1. The van der Waals surface area contributed by atoms with Gasteiger partial charge in [0, 0.05) is 31.9 Å². The molecule has 1 saturated heterocycles. The second-order valence-corrected chi connectivity index (χ2v) is 10.3. The van der Waals surface area contributed by atoms with Gasteiger partial charge in [0.25, 0.3) is 0 Å². The highest BCUT2D eigenvalue weighted by Gasteiger charge is 2.38. The Kier molecular flexibility index (Phi) is 5.70. The number of hydrogen-bond donors (Lipinski definition) is 2. The number of aliphatic hydroxyl groups excluding tert-OH is 1. The molecule has 3 aliphatic rings. The summed E-state index contributed by atoms with van der Waals surface area (Å²) in [5.74, 6) is 2.60. The largest absolute Gasteiger partial charge is 0.394 e. The molecule has 2 N–H and O–H groups in total. The number of aryl methyl sites for hydroxylation is 1. The molecule has 0 amide bonds. The van der Waals surface area contributed by atoms with Crippen LogP contribution in [0.3, 0.4) is 0 Å². The van der Waals surface area contributed by atoms with Crippen molar-refractivity contribution in [1.29, 1.82) is 0 Å². The molecule has 2 aromatic rings. The first-order valence-electron chi connectivity index (χ1n) is 10.7. The molecule has 166 valence electrons. The number of nitrogens with one attached hydrogen (secondary N) is 1. The van der Waals surface area contributed by atoms with E-state index in [1.54, 1.807) is 12.4 Å². The summed E-state index contributed by atoms with van der Waals surface area (Å²) >= 11 is 5.90. The number of aliphatic hydroxyl groups is 1. The summed E-state index contributed by atoms with van der Waals surface area (Å²) in [6, 6.07) is 0. The maximum absolute atomic E-state index is 12.8. The van der Waals surface area contributed by atoms with Crippen LogP contribution in [0.2, 0.25) is 5.02 Å². The number of piperazine rings is 1. The molecule has 31 heavy (non-hydrogen) atoms. The molecule has 5 rings (SSSR count). The predicted molar refractivity (Wildman–Crippen MR) is 120 cm³/mol. The first-order valence-corrected chi connectivity index (χ1v) is 12.4. The van der Waals surface area contributed by atoms with Gasteiger partial charge in [0.15, 0.2) is 0 Å². The summed E-state index contributed by atoms with van der Waals surface area (Å²) in [7, 11) is -1.11. The van der Waals surface area contributed by atoms with Gasteiger partial charge in [-0.3, -0.25) is 4.21 Å². The molecular formula is C20H26ClN7O2S. The molecule has 0 spiro atoms. The Morgan fingerprint density at radius 2 is 1.74 bits per heavy atom. The first kappa shape index (κ1) is 20.8. The fourth-order valence-corrected chi connectivity index (χ4v) is 5.78. The fourth-order valence-electron chi connectivity index (χ4n) is 4.34. The van der Waals surface area contributed by atoms with Crippen LogP contribution in [0.25, 0.3) is 0 Å². The van der Waals surface area contributed by atoms with Gasteiger partial charge >= 0.3 is 0 Å². The smallest absolute Gasteiger partial charge is 0.227 e. The average Bonchev–Trinajstić information content (AvgIpc) is 2.77. The molecule has 0 radical (unpaired) electrons. The van der Waals surface area contributed by atoms with E-state index in [1.807, 2.05) is 0 Å². The lowest BCUT2D eigenvalue weighted by Crippen LogP contribution is -2.49. The molecule has 9 nitrogen and oxygen atoms in total. The van der Waals surface area contributed by atoms with E-state index < -0.39 is 10.8 Å². The predicted octanol–water partition coefficient (Wildman–Crippen LogP) is 1.63. The van der Waals surface area contributed by atoms with Crippen molar-refractivity contribution in [3.8, 4) is 0 Å². The van der Waals surface area contributed by atoms with Crippen LogP contribution in [0.15, 0.2) is 17.3 Å². The zero-order valence-corrected chi connectivity index (χ0v) is 18.8. The summed E-state index contributed by atoms with van der Waals surface area (Å²) in [6.07, 6.45) is 7.74. The Balaban J connectivity index is 1.39. The summed E-state index contributed by atoms with van der Waals surface area (Å²) in [5, 5.41) is 13.9. The number of nitrogens with zero attached hydrogens (tertiary/aromatic N) is 6. The second kappa shape index (κ2) is 8.48. The monoisotopic (exact) mass is 463 g/mol. The molecule has 0 aromatic carbocycles. The van der Waals surface area contributed by atoms with Crippen LogP contribution in [0.5, 0.6) is 0 Å². The number of hydrogen-bond acceptors (Lipinski definition) is 9. The molecule has 0 unspecified atom stereocenters. The van der Waals surface area contributed by atoms with Gasteiger partial charge in [0.05, 0.1) is 46.1 Å². The standard InChI is InChI=1S/C20H26ClN7O2S/c21-14-11-22-18(23-12-14)27-6-8-28(9-7-27)19-24-15-3-1-10-31(30)16(15)17(25-19)26-20(13-29)4-2-5-20/h11-12,29H,1-10,13H2,(H,24,25,26)/t31-/m1/s1. The van der Waals surface area contributed by atoms with Crippen LogP contribution >= 0.6 is 11.6 Å². The van der Waals surface area contributed by atoms with Gasteiger partial charge in [-0.25, -0.2) is 15.0 Å². The fraction of sp³-hybridized carbons (Fsp3) is 0.600. The molecule has 0 bridgehead atoms. The molecule has 1 saturated carbocycles. The summed E-state index contributed by atoms with van der Waals surface area (Å²) < 4.78 is 12.8. The van der Waals surface area contributed by atoms with E-state index in [-0.39, 0.29) is 12.1 Å². The van der Waals surface area contributed by atoms with Gasteiger partial charge in [-0.2, -0.15) is 4.98 Å². The third-order valence-corrected chi connectivity index (χ3v) is 8.08. The highest BCUT2D eigenvalue weighted by molar-refractivity contribution is 7.85. The normalized spacial score (nSPS) is 22.6. The maximum atomic E-state index is 12.8. The zero-order valence-electron chi connectivity index (χ0n) is 17.3. The van der Waals surface area contributed by atoms with Crippen molar-refractivity contribution >= 4 is 40.1 Å². The van der Waals surface area contributed by atoms with E-state index >= 15 is 0 Å². The number of fused-ring (bicyclic) bond motifs is 1. The van der Waals surface area contributed by atoms with E-state index in [0.29, 0.717) is 28.5 Å². The van der Waals surface area contributed by atoms with Crippen LogP contribution in [-0.2, 0) is 17.2 Å². The molecule has 1 aliphatic carbocycles. The Morgan fingerprint density at radius 3 is 2.35 bits per heavy atom. The second-order valence-electron chi connectivity index (χ2n) is 8.39. The van der Waals surface area contributed by atoms with Crippen molar-refractivity contribution < 1.29 is 9.32 Å². The van der Waals surface area contributed by atoms with Crippen molar-refractivity contribution in [2.45, 2.75) is 42.5 Å². The number of anilines is 3. The number of halogens is 1. The van der Waals surface area contributed by atoms with E-state index in [2.05, 4.69) is 25.1 Å². The third-order valence-electron chi connectivity index (χ3n) is 6.34. The Labute approximate surface area is 188 Å². The lowest BCUT2D eigenvalue weighted by Gasteiger charge is -2.42. The van der Waals surface area contributed by atoms with Crippen LogP contribution in [0.1, 0.15) is 31.4 Å². The summed E-state index contributed by atoms with van der Waals surface area (Å²) in [4.78, 5) is 23.2. The molecule has 2 fully saturated rings. The molecule has 4 heterocycles. The van der Waals surface area contributed by atoms with Crippen molar-refractivity contribution in [1.82, 2.24) is 19.9 Å². The van der Waals surface area contributed by atoms with Crippen molar-refractivity contribution in [2.75, 3.05) is 53.7 Å². The summed E-state index contributed by atoms with van der Waals surface area (Å²) in [6.45, 7) is 3.01. The Hall–Kier alpha value is -2.04. The number of aromatic nitrogens is 4. The SMILES string of the molecule is O=[S@@]1CCCc2nc(N3CCN(c4ncc(Cl)cn4)CC3)nc(NC3(CO)CCC3)c21. The van der Waals surface area contributed by atoms with E-state index in [0.717, 1.165) is 68.9 Å². The van der Waals surface area contributed by atoms with Gasteiger partial charge in [-0.15, -0.1) is 0 Å². The molecule has 2 aromatic heterocycles. The Bertz CT molecular complexity index is 973. The van der Waals surface area contributed by atoms with Gasteiger partial charge in [-0.1, -0.05) is 11.6 Å². The van der Waals surface area contributed by atoms with Gasteiger partial charge in [0.2, 0.25) is 11.9 Å². The average molecular weight is 464 g/mol. The highest BCUT2D eigenvalue weighted by atomic mass is 35.5. The van der Waals surface area contributed by atoms with Crippen molar-refractivity contribution in [3.05, 3.63) is 23.1 Å². The molecule has 1 atom stereocenters. The van der Waals surface area contributed by atoms with E-state index in [1.165, 1.54) is 0 Å². The van der Waals surface area contributed by atoms with Gasteiger partial charge in [-0.05, 0) is 32.1 Å². The van der Waals surface area contributed by atoms with Crippen LogP contribution in [0.4, 0.5) is 17.7 Å². The van der Waals surface area contributed by atoms with Gasteiger partial charge in [0.1, 0.15) is 10.7 Å².